The highest BCUT2D eigenvalue weighted by Gasteiger charge is 2.16. The van der Waals surface area contributed by atoms with E-state index in [2.05, 4.69) is 17.6 Å². The third-order valence-electron chi connectivity index (χ3n) is 2.73. The zero-order valence-electron chi connectivity index (χ0n) is 14.1. The molecule has 1 amide bonds. The number of benzene rings is 1. The van der Waals surface area contributed by atoms with Crippen LogP contribution in [0.15, 0.2) is 24.3 Å². The van der Waals surface area contributed by atoms with Crippen molar-refractivity contribution in [2.45, 2.75) is 46.1 Å². The van der Waals surface area contributed by atoms with Crippen LogP contribution in [0.2, 0.25) is 0 Å². The number of carbonyl (C=O) groups is 1. The highest BCUT2D eigenvalue weighted by Crippen LogP contribution is 2.18. The zero-order chi connectivity index (χ0) is 16.4. The summed E-state index contributed by atoms with van der Waals surface area (Å²) in [5.41, 5.74) is 0.146. The SMILES string of the molecule is CCCCNCCOc1cccc(NC(=O)OC(C)(C)C)c1. The summed E-state index contributed by atoms with van der Waals surface area (Å²) in [4.78, 5) is 11.7. The zero-order valence-corrected chi connectivity index (χ0v) is 14.1. The van der Waals surface area contributed by atoms with Gasteiger partial charge in [0.2, 0.25) is 0 Å². The molecule has 0 atom stereocenters. The minimum Gasteiger partial charge on any atom is -0.492 e. The fourth-order valence-electron chi connectivity index (χ4n) is 1.75. The van der Waals surface area contributed by atoms with Crippen molar-refractivity contribution < 1.29 is 14.3 Å². The van der Waals surface area contributed by atoms with Gasteiger partial charge in [0.15, 0.2) is 0 Å². The molecule has 5 nitrogen and oxygen atoms in total. The molecule has 0 aliphatic rings. The molecule has 1 aromatic carbocycles. The quantitative estimate of drug-likeness (QED) is 0.717. The molecule has 5 heteroatoms. The van der Waals surface area contributed by atoms with Crippen molar-refractivity contribution in [1.29, 1.82) is 0 Å². The van der Waals surface area contributed by atoms with Crippen LogP contribution >= 0.6 is 0 Å². The molecule has 1 rings (SSSR count). The van der Waals surface area contributed by atoms with Crippen LogP contribution in [0.3, 0.4) is 0 Å². The molecule has 124 valence electrons. The van der Waals surface area contributed by atoms with Gasteiger partial charge >= 0.3 is 6.09 Å². The minimum absolute atomic E-state index is 0.467. The van der Waals surface area contributed by atoms with E-state index < -0.39 is 11.7 Å². The summed E-state index contributed by atoms with van der Waals surface area (Å²) < 4.78 is 10.9. The Kier molecular flexibility index (Phi) is 7.74. The maximum atomic E-state index is 11.7. The molecule has 0 heterocycles. The summed E-state index contributed by atoms with van der Waals surface area (Å²) in [5, 5.41) is 6.01. The summed E-state index contributed by atoms with van der Waals surface area (Å²) in [6, 6.07) is 7.30. The standard InChI is InChI=1S/C17H28N2O3/c1-5-6-10-18-11-12-21-15-9-7-8-14(13-15)19-16(20)22-17(2,3)4/h7-9,13,18H,5-6,10-12H2,1-4H3,(H,19,20). The highest BCUT2D eigenvalue weighted by atomic mass is 16.6. The van der Waals surface area contributed by atoms with E-state index in [-0.39, 0.29) is 0 Å². The monoisotopic (exact) mass is 308 g/mol. The van der Waals surface area contributed by atoms with E-state index >= 15 is 0 Å². The van der Waals surface area contributed by atoms with Gasteiger partial charge in [-0.15, -0.1) is 0 Å². The molecule has 0 spiro atoms. The van der Waals surface area contributed by atoms with Gasteiger partial charge in [0, 0.05) is 18.3 Å². The van der Waals surface area contributed by atoms with Crippen LogP contribution in [-0.4, -0.2) is 31.4 Å². The normalized spacial score (nSPS) is 11.1. The first-order valence-corrected chi connectivity index (χ1v) is 7.84. The highest BCUT2D eigenvalue weighted by molar-refractivity contribution is 5.85. The molecule has 0 bridgehead atoms. The average Bonchev–Trinajstić information content (AvgIpc) is 2.41. The summed E-state index contributed by atoms with van der Waals surface area (Å²) in [6.07, 6.45) is 1.90. The Morgan fingerprint density at radius 3 is 2.68 bits per heavy atom. The molecule has 1 aromatic rings. The van der Waals surface area contributed by atoms with Gasteiger partial charge in [0.25, 0.3) is 0 Å². The first-order valence-electron chi connectivity index (χ1n) is 7.84. The summed E-state index contributed by atoms with van der Waals surface area (Å²) in [6.45, 7) is 10.1. The predicted molar refractivity (Wildman–Crippen MR) is 89.6 cm³/mol. The Morgan fingerprint density at radius 2 is 2.00 bits per heavy atom. The Morgan fingerprint density at radius 1 is 1.23 bits per heavy atom. The van der Waals surface area contributed by atoms with Crippen LogP contribution in [0.4, 0.5) is 10.5 Å². The lowest BCUT2D eigenvalue weighted by Crippen LogP contribution is -2.27. The number of nitrogens with one attached hydrogen (secondary N) is 2. The first kappa shape index (κ1) is 18.3. The van der Waals surface area contributed by atoms with Crippen LogP contribution < -0.4 is 15.4 Å². The van der Waals surface area contributed by atoms with E-state index in [1.54, 1.807) is 12.1 Å². The van der Waals surface area contributed by atoms with Gasteiger partial charge in [0.05, 0.1) is 0 Å². The van der Waals surface area contributed by atoms with Crippen LogP contribution in [0, 0.1) is 0 Å². The van der Waals surface area contributed by atoms with Crippen molar-refractivity contribution >= 4 is 11.8 Å². The van der Waals surface area contributed by atoms with E-state index in [1.165, 1.54) is 12.8 Å². The number of hydrogen-bond donors (Lipinski definition) is 2. The lowest BCUT2D eigenvalue weighted by molar-refractivity contribution is 0.0636. The Balaban J connectivity index is 2.37. The molecule has 0 aliphatic heterocycles. The Hall–Kier alpha value is -1.75. The second-order valence-electron chi connectivity index (χ2n) is 6.11. The fourth-order valence-corrected chi connectivity index (χ4v) is 1.75. The molecule has 2 N–H and O–H groups in total. The molecular weight excluding hydrogens is 280 g/mol. The largest absolute Gasteiger partial charge is 0.492 e. The average molecular weight is 308 g/mol. The third kappa shape index (κ3) is 8.52. The maximum Gasteiger partial charge on any atom is 0.412 e. The van der Waals surface area contributed by atoms with E-state index in [9.17, 15) is 4.79 Å². The van der Waals surface area contributed by atoms with Crippen LogP contribution in [0.5, 0.6) is 5.75 Å². The third-order valence-corrected chi connectivity index (χ3v) is 2.73. The molecular formula is C17H28N2O3. The van der Waals surface area contributed by atoms with Gasteiger partial charge in [-0.1, -0.05) is 19.4 Å². The van der Waals surface area contributed by atoms with E-state index in [0.29, 0.717) is 12.3 Å². The summed E-state index contributed by atoms with van der Waals surface area (Å²) >= 11 is 0. The molecule has 0 saturated heterocycles. The van der Waals surface area contributed by atoms with E-state index in [0.717, 1.165) is 18.8 Å². The van der Waals surface area contributed by atoms with Crippen molar-refractivity contribution in [2.75, 3.05) is 25.0 Å². The number of carbonyl (C=O) groups excluding carboxylic acids is 1. The van der Waals surface area contributed by atoms with Crippen LogP contribution in [0.25, 0.3) is 0 Å². The molecule has 0 radical (unpaired) electrons. The molecule has 0 saturated carbocycles. The number of rotatable bonds is 8. The van der Waals surface area contributed by atoms with Gasteiger partial charge in [-0.25, -0.2) is 4.79 Å². The van der Waals surface area contributed by atoms with Crippen LogP contribution in [-0.2, 0) is 4.74 Å². The lowest BCUT2D eigenvalue weighted by atomic mass is 10.2. The molecule has 0 unspecified atom stereocenters. The van der Waals surface area contributed by atoms with Crippen molar-refractivity contribution in [3.05, 3.63) is 24.3 Å². The molecule has 0 aromatic heterocycles. The smallest absolute Gasteiger partial charge is 0.412 e. The number of hydrogen-bond acceptors (Lipinski definition) is 4. The second kappa shape index (κ2) is 9.30. The topological polar surface area (TPSA) is 59.6 Å². The number of amides is 1. The van der Waals surface area contributed by atoms with Gasteiger partial charge in [-0.05, 0) is 45.9 Å². The fraction of sp³-hybridized carbons (Fsp3) is 0.588. The van der Waals surface area contributed by atoms with Crippen molar-refractivity contribution in [3.8, 4) is 5.75 Å². The van der Waals surface area contributed by atoms with Crippen molar-refractivity contribution in [1.82, 2.24) is 5.32 Å². The van der Waals surface area contributed by atoms with Gasteiger partial charge in [-0.2, -0.15) is 0 Å². The second-order valence-corrected chi connectivity index (χ2v) is 6.11. The van der Waals surface area contributed by atoms with Gasteiger partial charge in [0.1, 0.15) is 18.0 Å². The lowest BCUT2D eigenvalue weighted by Gasteiger charge is -2.19. The Labute approximate surface area is 133 Å². The Bertz CT molecular complexity index is 455. The van der Waals surface area contributed by atoms with Crippen LogP contribution in [0.1, 0.15) is 40.5 Å². The molecule has 22 heavy (non-hydrogen) atoms. The predicted octanol–water partition coefficient (Wildman–Crippen LogP) is 3.80. The summed E-state index contributed by atoms with van der Waals surface area (Å²) in [7, 11) is 0. The van der Waals surface area contributed by atoms with Crippen molar-refractivity contribution in [3.63, 3.8) is 0 Å². The van der Waals surface area contributed by atoms with Gasteiger partial charge in [-0.3, -0.25) is 5.32 Å². The number of anilines is 1. The summed E-state index contributed by atoms with van der Waals surface area (Å²) in [5.74, 6) is 0.728. The number of unbranched alkanes of at least 4 members (excludes halogenated alkanes) is 1. The molecule has 0 fully saturated rings. The van der Waals surface area contributed by atoms with Gasteiger partial charge < -0.3 is 14.8 Å². The molecule has 0 aliphatic carbocycles. The minimum atomic E-state index is -0.512. The number of ether oxygens (including phenoxy) is 2. The van der Waals surface area contributed by atoms with Crippen molar-refractivity contribution in [2.24, 2.45) is 0 Å². The maximum absolute atomic E-state index is 11.7. The van der Waals surface area contributed by atoms with E-state index in [1.807, 2.05) is 32.9 Å². The first-order chi connectivity index (χ1) is 10.4. The van der Waals surface area contributed by atoms with E-state index in [4.69, 9.17) is 9.47 Å².